The molecule has 0 radical (unpaired) electrons. The number of ether oxygens (including phenoxy) is 1. The number of nitrogens with zero attached hydrogens (tertiary/aromatic N) is 1. The molecule has 7 nitrogen and oxygen atoms in total. The Labute approximate surface area is 176 Å². The van der Waals surface area contributed by atoms with E-state index in [1.807, 2.05) is 20.8 Å². The third-order valence-corrected chi connectivity index (χ3v) is 5.84. The molecule has 0 aromatic heterocycles. The second-order valence-corrected chi connectivity index (χ2v) is 8.24. The van der Waals surface area contributed by atoms with Crippen molar-refractivity contribution in [1.29, 1.82) is 0 Å². The second-order valence-electron chi connectivity index (χ2n) is 6.70. The predicted molar refractivity (Wildman–Crippen MR) is 112 cm³/mol. The summed E-state index contributed by atoms with van der Waals surface area (Å²) in [5, 5.41) is 2.79. The number of halogens is 1. The van der Waals surface area contributed by atoms with Crippen LogP contribution in [0.3, 0.4) is 0 Å². The Balaban J connectivity index is 2.34. The van der Waals surface area contributed by atoms with E-state index in [9.17, 15) is 17.6 Å². The van der Waals surface area contributed by atoms with Crippen LogP contribution >= 0.6 is 0 Å². The lowest BCUT2D eigenvalue weighted by atomic mass is 10.1. The molecule has 0 unspecified atom stereocenters. The first-order valence-electron chi connectivity index (χ1n) is 9.63. The van der Waals surface area contributed by atoms with Crippen molar-refractivity contribution in [3.8, 4) is 11.5 Å². The predicted octanol–water partition coefficient (Wildman–Crippen LogP) is 3.93. The molecule has 0 aliphatic heterocycles. The first-order valence-corrected chi connectivity index (χ1v) is 11.0. The van der Waals surface area contributed by atoms with Crippen molar-refractivity contribution >= 4 is 16.1 Å². The zero-order valence-electron chi connectivity index (χ0n) is 17.5. The fourth-order valence-corrected chi connectivity index (χ4v) is 3.68. The van der Waals surface area contributed by atoms with Crippen molar-refractivity contribution in [2.75, 3.05) is 13.7 Å². The summed E-state index contributed by atoms with van der Waals surface area (Å²) >= 11 is 0. The minimum atomic E-state index is -4.19. The van der Waals surface area contributed by atoms with Crippen molar-refractivity contribution in [3.05, 3.63) is 53.8 Å². The van der Waals surface area contributed by atoms with E-state index in [1.54, 1.807) is 17.0 Å². The van der Waals surface area contributed by atoms with Crippen molar-refractivity contribution in [2.45, 2.75) is 44.7 Å². The number of carbonyl (C=O) groups is 1. The Kier molecular flexibility index (Phi) is 8.05. The van der Waals surface area contributed by atoms with Gasteiger partial charge in [0, 0.05) is 19.1 Å². The number of carbonyl (C=O) groups excluding carboxylic acids is 1. The van der Waals surface area contributed by atoms with E-state index in [1.165, 1.54) is 13.2 Å². The van der Waals surface area contributed by atoms with Gasteiger partial charge in [0.05, 0.1) is 7.11 Å². The fourth-order valence-electron chi connectivity index (χ4n) is 2.75. The van der Waals surface area contributed by atoms with Gasteiger partial charge in [0.2, 0.25) is 0 Å². The van der Waals surface area contributed by atoms with Crippen LogP contribution in [-0.4, -0.2) is 39.0 Å². The van der Waals surface area contributed by atoms with Gasteiger partial charge < -0.3 is 19.1 Å². The van der Waals surface area contributed by atoms with Gasteiger partial charge in [0.25, 0.3) is 0 Å². The normalized spacial score (nSPS) is 12.2. The third-order valence-electron chi connectivity index (χ3n) is 4.59. The van der Waals surface area contributed by atoms with Crippen LogP contribution in [0.15, 0.2) is 47.4 Å². The summed E-state index contributed by atoms with van der Waals surface area (Å²) in [7, 11) is -2.80. The lowest BCUT2D eigenvalue weighted by Crippen LogP contribution is -2.44. The van der Waals surface area contributed by atoms with E-state index in [-0.39, 0.29) is 35.0 Å². The molecule has 0 bridgehead atoms. The molecule has 2 amide bonds. The highest BCUT2D eigenvalue weighted by molar-refractivity contribution is 7.87. The van der Waals surface area contributed by atoms with Gasteiger partial charge in [0.1, 0.15) is 10.7 Å². The van der Waals surface area contributed by atoms with E-state index in [0.717, 1.165) is 30.7 Å². The average Bonchev–Trinajstić information content (AvgIpc) is 2.71. The molecule has 0 saturated carbocycles. The molecule has 0 aliphatic carbocycles. The molecule has 2 aromatic rings. The highest BCUT2D eigenvalue weighted by Gasteiger charge is 2.22. The highest BCUT2D eigenvalue weighted by atomic mass is 32.2. The van der Waals surface area contributed by atoms with Crippen LogP contribution in [-0.2, 0) is 16.7 Å². The SMILES string of the molecule is CCNC(=O)N(Cc1ccc(OC)c(OS(=O)(=O)c2ccc(F)cc2)c1)[C@@H](C)CC. The molecule has 0 saturated heterocycles. The van der Waals surface area contributed by atoms with Crippen molar-refractivity contribution in [1.82, 2.24) is 10.2 Å². The van der Waals surface area contributed by atoms with Gasteiger partial charge in [-0.15, -0.1) is 0 Å². The lowest BCUT2D eigenvalue weighted by Gasteiger charge is -2.29. The molecule has 0 aliphatic rings. The molecule has 2 rings (SSSR count). The number of benzene rings is 2. The largest absolute Gasteiger partial charge is 0.493 e. The standard InChI is InChI=1S/C21H27FN2O5S/c1-5-15(3)24(21(25)23-6-2)14-16-7-12-19(28-4)20(13-16)29-30(26,27)18-10-8-17(22)9-11-18/h7-13,15H,5-6,14H2,1-4H3,(H,23,25)/t15-/m0/s1. The second kappa shape index (κ2) is 10.3. The van der Waals surface area contributed by atoms with Crippen LogP contribution in [0, 0.1) is 5.82 Å². The molecule has 2 aromatic carbocycles. The number of hydrogen-bond donors (Lipinski definition) is 1. The number of urea groups is 1. The molecule has 0 fully saturated rings. The molecule has 30 heavy (non-hydrogen) atoms. The van der Waals surface area contributed by atoms with Gasteiger partial charge in [0.15, 0.2) is 11.5 Å². The maximum Gasteiger partial charge on any atom is 0.339 e. The van der Waals surface area contributed by atoms with Crippen LogP contribution < -0.4 is 14.2 Å². The summed E-state index contributed by atoms with van der Waals surface area (Å²) in [6, 6.07) is 8.95. The third kappa shape index (κ3) is 5.85. The van der Waals surface area contributed by atoms with Crippen LogP contribution in [0.1, 0.15) is 32.8 Å². The number of methoxy groups -OCH3 is 1. The average molecular weight is 439 g/mol. The van der Waals surface area contributed by atoms with Crippen LogP contribution in [0.4, 0.5) is 9.18 Å². The Bertz CT molecular complexity index is 964. The van der Waals surface area contributed by atoms with Gasteiger partial charge in [-0.3, -0.25) is 0 Å². The summed E-state index contributed by atoms with van der Waals surface area (Å²) in [5.41, 5.74) is 0.673. The molecule has 1 atom stereocenters. The maximum absolute atomic E-state index is 13.1. The molecular formula is C21H27FN2O5S. The number of nitrogens with one attached hydrogen (secondary N) is 1. The summed E-state index contributed by atoms with van der Waals surface area (Å²) in [5.74, 6) is -0.346. The van der Waals surface area contributed by atoms with Crippen molar-refractivity contribution < 1.29 is 26.5 Å². The topological polar surface area (TPSA) is 84.9 Å². The monoisotopic (exact) mass is 438 g/mol. The van der Waals surface area contributed by atoms with Crippen LogP contribution in [0.2, 0.25) is 0 Å². The summed E-state index contributed by atoms with van der Waals surface area (Å²) in [6.45, 7) is 6.52. The van der Waals surface area contributed by atoms with E-state index in [4.69, 9.17) is 8.92 Å². The van der Waals surface area contributed by atoms with Gasteiger partial charge in [-0.05, 0) is 62.2 Å². The highest BCUT2D eigenvalue weighted by Crippen LogP contribution is 2.31. The number of amides is 2. The quantitative estimate of drug-likeness (QED) is 0.600. The summed E-state index contributed by atoms with van der Waals surface area (Å²) < 4.78 is 48.8. The van der Waals surface area contributed by atoms with Gasteiger partial charge in [-0.25, -0.2) is 9.18 Å². The Hall–Kier alpha value is -2.81. The zero-order valence-corrected chi connectivity index (χ0v) is 18.3. The number of hydrogen-bond acceptors (Lipinski definition) is 5. The molecule has 1 N–H and O–H groups in total. The van der Waals surface area contributed by atoms with Crippen molar-refractivity contribution in [2.24, 2.45) is 0 Å². The van der Waals surface area contributed by atoms with Crippen LogP contribution in [0.25, 0.3) is 0 Å². The molecule has 164 valence electrons. The Morgan fingerprint density at radius 3 is 2.37 bits per heavy atom. The van der Waals surface area contributed by atoms with Gasteiger partial charge >= 0.3 is 16.1 Å². The fraction of sp³-hybridized carbons (Fsp3) is 0.381. The minimum Gasteiger partial charge on any atom is -0.493 e. The van der Waals surface area contributed by atoms with Gasteiger partial charge in [-0.1, -0.05) is 13.0 Å². The van der Waals surface area contributed by atoms with Crippen molar-refractivity contribution in [3.63, 3.8) is 0 Å². The smallest absolute Gasteiger partial charge is 0.339 e. The summed E-state index contributed by atoms with van der Waals surface area (Å²) in [6.07, 6.45) is 0.760. The Morgan fingerprint density at radius 2 is 1.80 bits per heavy atom. The zero-order chi connectivity index (χ0) is 22.3. The lowest BCUT2D eigenvalue weighted by molar-refractivity contribution is 0.174. The first-order chi connectivity index (χ1) is 14.2. The van der Waals surface area contributed by atoms with Crippen LogP contribution in [0.5, 0.6) is 11.5 Å². The maximum atomic E-state index is 13.1. The molecule has 9 heteroatoms. The minimum absolute atomic E-state index is 0.0145. The molecule has 0 heterocycles. The first kappa shape index (κ1) is 23.5. The number of rotatable bonds is 9. The molecule has 0 spiro atoms. The van der Waals surface area contributed by atoms with E-state index < -0.39 is 15.9 Å². The van der Waals surface area contributed by atoms with E-state index in [2.05, 4.69) is 5.32 Å². The summed E-state index contributed by atoms with van der Waals surface area (Å²) in [4.78, 5) is 13.9. The Morgan fingerprint density at radius 1 is 1.13 bits per heavy atom. The van der Waals surface area contributed by atoms with E-state index >= 15 is 0 Å². The van der Waals surface area contributed by atoms with E-state index in [0.29, 0.717) is 12.1 Å². The van der Waals surface area contributed by atoms with Gasteiger partial charge in [-0.2, -0.15) is 8.42 Å². The molecular weight excluding hydrogens is 411 g/mol.